The van der Waals surface area contributed by atoms with E-state index in [1.807, 2.05) is 0 Å². The fourth-order valence-electron chi connectivity index (χ4n) is 1.33. The second-order valence-electron chi connectivity index (χ2n) is 3.01. The standard InChI is InChI=1S/C9H7ClN2O2/c1-4(13)5-2-7-8(3-6(5)10)12-9(14)11-7/h2-3H,1H3,(H2,11,12,14). The fraction of sp³-hybridized carbons (Fsp3) is 0.111. The van der Waals surface area contributed by atoms with Crippen molar-refractivity contribution in [2.75, 3.05) is 0 Å². The molecule has 0 saturated heterocycles. The molecule has 0 amide bonds. The SMILES string of the molecule is CC(=O)c1cc2[nH]c(=O)[nH]c2cc1Cl. The van der Waals surface area contributed by atoms with Crippen LogP contribution < -0.4 is 5.69 Å². The number of imidazole rings is 1. The highest BCUT2D eigenvalue weighted by Gasteiger charge is 2.08. The zero-order valence-corrected chi connectivity index (χ0v) is 8.11. The normalized spacial score (nSPS) is 10.7. The summed E-state index contributed by atoms with van der Waals surface area (Å²) in [5, 5.41) is 0.347. The molecule has 2 aromatic rings. The number of hydrogen-bond donors (Lipinski definition) is 2. The molecule has 0 aliphatic carbocycles. The predicted molar refractivity (Wildman–Crippen MR) is 53.9 cm³/mol. The van der Waals surface area contributed by atoms with E-state index in [1.165, 1.54) is 6.92 Å². The van der Waals surface area contributed by atoms with Gasteiger partial charge in [0.2, 0.25) is 0 Å². The second-order valence-corrected chi connectivity index (χ2v) is 3.42. The molecule has 1 aromatic heterocycles. The van der Waals surface area contributed by atoms with E-state index in [2.05, 4.69) is 9.97 Å². The van der Waals surface area contributed by atoms with E-state index in [4.69, 9.17) is 11.6 Å². The van der Waals surface area contributed by atoms with Gasteiger partial charge in [-0.25, -0.2) is 4.79 Å². The Hall–Kier alpha value is -1.55. The Labute approximate surface area is 83.9 Å². The minimum absolute atomic E-state index is 0.126. The maximum Gasteiger partial charge on any atom is 0.323 e. The van der Waals surface area contributed by atoms with E-state index in [9.17, 15) is 9.59 Å². The van der Waals surface area contributed by atoms with Gasteiger partial charge < -0.3 is 9.97 Å². The third kappa shape index (κ3) is 1.33. The van der Waals surface area contributed by atoms with Crippen molar-refractivity contribution < 1.29 is 4.79 Å². The van der Waals surface area contributed by atoms with E-state index in [0.717, 1.165) is 0 Å². The number of fused-ring (bicyclic) bond motifs is 1. The summed E-state index contributed by atoms with van der Waals surface area (Å²) in [6.45, 7) is 1.43. The number of H-pyrrole nitrogens is 2. The molecule has 0 aliphatic rings. The van der Waals surface area contributed by atoms with Crippen LogP contribution in [0.25, 0.3) is 11.0 Å². The highest BCUT2D eigenvalue weighted by atomic mass is 35.5. The lowest BCUT2D eigenvalue weighted by Crippen LogP contribution is -1.99. The average molecular weight is 211 g/mol. The van der Waals surface area contributed by atoms with Crippen LogP contribution in [0.4, 0.5) is 0 Å². The van der Waals surface area contributed by atoms with Gasteiger partial charge in [0, 0.05) is 5.56 Å². The molecule has 5 heteroatoms. The summed E-state index contributed by atoms with van der Waals surface area (Å²) in [5.41, 5.74) is 1.29. The number of rotatable bonds is 1. The van der Waals surface area contributed by atoms with Crippen molar-refractivity contribution in [1.29, 1.82) is 0 Å². The molecule has 14 heavy (non-hydrogen) atoms. The van der Waals surface area contributed by atoms with Crippen LogP contribution in [-0.2, 0) is 0 Å². The quantitative estimate of drug-likeness (QED) is 0.704. The number of aromatic amines is 2. The molecule has 0 bridgehead atoms. The van der Waals surface area contributed by atoms with Crippen molar-refractivity contribution in [1.82, 2.24) is 9.97 Å². The third-order valence-corrected chi connectivity index (χ3v) is 2.30. The first-order valence-corrected chi connectivity index (χ1v) is 4.38. The van der Waals surface area contributed by atoms with Crippen molar-refractivity contribution in [3.05, 3.63) is 33.2 Å². The number of nitrogens with one attached hydrogen (secondary N) is 2. The molecule has 1 heterocycles. The Morgan fingerprint density at radius 1 is 1.29 bits per heavy atom. The molecule has 0 saturated carbocycles. The van der Waals surface area contributed by atoms with Crippen molar-refractivity contribution in [2.24, 2.45) is 0 Å². The van der Waals surface area contributed by atoms with Gasteiger partial charge in [0.15, 0.2) is 5.78 Å². The van der Waals surface area contributed by atoms with Crippen LogP contribution in [0, 0.1) is 0 Å². The summed E-state index contributed by atoms with van der Waals surface area (Å²) in [6, 6.07) is 3.13. The van der Waals surface area contributed by atoms with Crippen LogP contribution in [-0.4, -0.2) is 15.8 Å². The number of benzene rings is 1. The van der Waals surface area contributed by atoms with Gasteiger partial charge in [-0.3, -0.25) is 4.79 Å². The van der Waals surface area contributed by atoms with Gasteiger partial charge in [-0.1, -0.05) is 11.6 Å². The molecule has 0 atom stereocenters. The van der Waals surface area contributed by atoms with Crippen molar-refractivity contribution in [3.8, 4) is 0 Å². The van der Waals surface area contributed by atoms with E-state index in [-0.39, 0.29) is 11.5 Å². The molecule has 1 aromatic carbocycles. The Kier molecular flexibility index (Phi) is 1.93. The highest BCUT2D eigenvalue weighted by molar-refractivity contribution is 6.34. The van der Waals surface area contributed by atoms with E-state index in [0.29, 0.717) is 21.6 Å². The lowest BCUT2D eigenvalue weighted by atomic mass is 10.1. The van der Waals surface area contributed by atoms with Crippen LogP contribution in [0.1, 0.15) is 17.3 Å². The van der Waals surface area contributed by atoms with Crippen LogP contribution in [0.3, 0.4) is 0 Å². The summed E-state index contributed by atoms with van der Waals surface area (Å²) in [6.07, 6.45) is 0. The van der Waals surface area contributed by atoms with Crippen LogP contribution >= 0.6 is 11.6 Å². The number of aromatic nitrogens is 2. The minimum atomic E-state index is -0.309. The van der Waals surface area contributed by atoms with Crippen LogP contribution in [0.5, 0.6) is 0 Å². The van der Waals surface area contributed by atoms with Gasteiger partial charge in [-0.2, -0.15) is 0 Å². The Balaban J connectivity index is 2.82. The molecule has 0 spiro atoms. The number of hydrogen-bond acceptors (Lipinski definition) is 2. The third-order valence-electron chi connectivity index (χ3n) is 1.98. The number of Topliss-reactive ketones (excluding diaryl/α,β-unsaturated/α-hetero) is 1. The largest absolute Gasteiger partial charge is 0.323 e. The average Bonchev–Trinajstić information content (AvgIpc) is 2.42. The van der Waals surface area contributed by atoms with Gasteiger partial charge >= 0.3 is 5.69 Å². The lowest BCUT2D eigenvalue weighted by molar-refractivity contribution is 0.101. The maximum atomic E-state index is 11.1. The summed E-state index contributed by atoms with van der Waals surface area (Å²) in [4.78, 5) is 27.2. The topological polar surface area (TPSA) is 65.7 Å². The first kappa shape index (κ1) is 9.02. The number of halogens is 1. The Morgan fingerprint density at radius 2 is 1.86 bits per heavy atom. The second kappa shape index (κ2) is 2.99. The van der Waals surface area contributed by atoms with E-state index < -0.39 is 0 Å². The lowest BCUT2D eigenvalue weighted by Gasteiger charge is -1.98. The Morgan fingerprint density at radius 3 is 2.43 bits per heavy atom. The van der Waals surface area contributed by atoms with Gasteiger partial charge in [0.05, 0.1) is 16.1 Å². The summed E-state index contributed by atoms with van der Waals surface area (Å²) in [5.74, 6) is -0.126. The Bertz CT molecular complexity index is 568. The molecule has 0 aliphatic heterocycles. The van der Waals surface area contributed by atoms with Crippen molar-refractivity contribution in [2.45, 2.75) is 6.92 Å². The molecule has 72 valence electrons. The molecule has 2 rings (SSSR count). The maximum absolute atomic E-state index is 11.1. The fourth-order valence-corrected chi connectivity index (χ4v) is 1.62. The molecule has 4 nitrogen and oxygen atoms in total. The first-order valence-electron chi connectivity index (χ1n) is 4.00. The molecular weight excluding hydrogens is 204 g/mol. The number of ketones is 1. The number of carbonyl (C=O) groups is 1. The zero-order valence-electron chi connectivity index (χ0n) is 7.35. The van der Waals surface area contributed by atoms with Gasteiger partial charge in [0.1, 0.15) is 0 Å². The highest BCUT2D eigenvalue weighted by Crippen LogP contribution is 2.21. The summed E-state index contributed by atoms with van der Waals surface area (Å²) >= 11 is 5.85. The predicted octanol–water partition coefficient (Wildman–Crippen LogP) is 1.71. The molecule has 0 radical (unpaired) electrons. The first-order chi connectivity index (χ1) is 6.58. The smallest absolute Gasteiger partial charge is 0.306 e. The molecule has 0 unspecified atom stereocenters. The minimum Gasteiger partial charge on any atom is -0.306 e. The summed E-state index contributed by atoms with van der Waals surface area (Å²) in [7, 11) is 0. The van der Waals surface area contributed by atoms with Crippen molar-refractivity contribution in [3.63, 3.8) is 0 Å². The monoisotopic (exact) mass is 210 g/mol. The zero-order chi connectivity index (χ0) is 10.3. The van der Waals surface area contributed by atoms with Crippen molar-refractivity contribution >= 4 is 28.4 Å². The van der Waals surface area contributed by atoms with Gasteiger partial charge in [0.25, 0.3) is 0 Å². The van der Waals surface area contributed by atoms with Gasteiger partial charge in [-0.05, 0) is 19.1 Å². The molecule has 0 fully saturated rings. The van der Waals surface area contributed by atoms with Crippen LogP contribution in [0.15, 0.2) is 16.9 Å². The van der Waals surface area contributed by atoms with Crippen LogP contribution in [0.2, 0.25) is 5.02 Å². The van der Waals surface area contributed by atoms with Gasteiger partial charge in [-0.15, -0.1) is 0 Å². The number of carbonyl (C=O) groups excluding carboxylic acids is 1. The van der Waals surface area contributed by atoms with E-state index >= 15 is 0 Å². The molecule has 2 N–H and O–H groups in total. The summed E-state index contributed by atoms with van der Waals surface area (Å²) < 4.78 is 0. The molecular formula is C9H7ClN2O2. The van der Waals surface area contributed by atoms with E-state index in [1.54, 1.807) is 12.1 Å².